The number of nitrogen functional groups attached to an aromatic ring is 1. The predicted molar refractivity (Wildman–Crippen MR) is 70.8 cm³/mol. The van der Waals surface area contributed by atoms with Crippen molar-refractivity contribution >= 4 is 23.3 Å². The van der Waals surface area contributed by atoms with E-state index >= 15 is 0 Å². The van der Waals surface area contributed by atoms with Crippen molar-refractivity contribution in [3.05, 3.63) is 23.8 Å². The van der Waals surface area contributed by atoms with E-state index in [9.17, 15) is 9.59 Å². The highest BCUT2D eigenvalue weighted by molar-refractivity contribution is 5.97. The molecule has 1 saturated carbocycles. The first-order valence-corrected chi connectivity index (χ1v) is 6.49. The zero-order valence-corrected chi connectivity index (χ0v) is 10.5. The molecule has 0 aromatic heterocycles. The summed E-state index contributed by atoms with van der Waals surface area (Å²) in [6, 6.07) is 5.59. The number of aliphatic carboxylic acids is 1. The second-order valence-corrected chi connectivity index (χ2v) is 5.31. The molecule has 3 N–H and O–H groups in total. The molecule has 1 heterocycles. The minimum atomic E-state index is -0.766. The number of rotatable bonds is 2. The van der Waals surface area contributed by atoms with Gasteiger partial charge in [0.25, 0.3) is 0 Å². The number of fused-ring (bicyclic) bond motifs is 1. The number of benzene rings is 1. The average Bonchev–Trinajstić information content (AvgIpc) is 2.29. The van der Waals surface area contributed by atoms with Gasteiger partial charge in [-0.15, -0.1) is 0 Å². The number of carboxylic acids is 1. The number of anilines is 2. The fourth-order valence-corrected chi connectivity index (χ4v) is 2.94. The van der Waals surface area contributed by atoms with Crippen LogP contribution in [-0.4, -0.2) is 23.0 Å². The van der Waals surface area contributed by atoms with Crippen LogP contribution in [-0.2, 0) is 16.0 Å². The molecule has 1 aliphatic heterocycles. The number of carbonyl (C=O) groups excluding carboxylic acids is 1. The Morgan fingerprint density at radius 1 is 1.32 bits per heavy atom. The van der Waals surface area contributed by atoms with Gasteiger partial charge in [0.15, 0.2) is 0 Å². The standard InChI is InChI=1S/C14H16N2O3/c15-10-2-3-12-8(5-10)1-4-13(17)16(12)11-6-9(7-11)14(18)19/h2-3,5,9,11H,1,4,6-7,15H2,(H,18,19). The van der Waals surface area contributed by atoms with E-state index in [-0.39, 0.29) is 17.9 Å². The van der Waals surface area contributed by atoms with Crippen LogP contribution in [0.3, 0.4) is 0 Å². The summed E-state index contributed by atoms with van der Waals surface area (Å²) in [5.41, 5.74) is 8.45. The van der Waals surface area contributed by atoms with E-state index in [1.54, 1.807) is 11.0 Å². The first-order chi connectivity index (χ1) is 9.06. The smallest absolute Gasteiger partial charge is 0.306 e. The Bertz CT molecular complexity index is 550. The van der Waals surface area contributed by atoms with Crippen molar-refractivity contribution in [2.75, 3.05) is 10.6 Å². The van der Waals surface area contributed by atoms with Gasteiger partial charge in [0, 0.05) is 23.8 Å². The summed E-state index contributed by atoms with van der Waals surface area (Å²) in [5.74, 6) is -0.985. The van der Waals surface area contributed by atoms with Gasteiger partial charge in [-0.1, -0.05) is 0 Å². The number of carboxylic acid groups (broad SMARTS) is 1. The van der Waals surface area contributed by atoms with Crippen LogP contribution in [0.5, 0.6) is 0 Å². The van der Waals surface area contributed by atoms with Crippen LogP contribution in [0, 0.1) is 5.92 Å². The summed E-state index contributed by atoms with van der Waals surface area (Å²) >= 11 is 0. The van der Waals surface area contributed by atoms with E-state index in [4.69, 9.17) is 10.8 Å². The van der Waals surface area contributed by atoms with Crippen molar-refractivity contribution in [3.8, 4) is 0 Å². The molecular weight excluding hydrogens is 244 g/mol. The molecule has 100 valence electrons. The van der Waals surface area contributed by atoms with Gasteiger partial charge in [0.05, 0.1) is 5.92 Å². The molecule has 1 amide bonds. The van der Waals surface area contributed by atoms with Crippen LogP contribution in [0.15, 0.2) is 18.2 Å². The molecule has 5 nitrogen and oxygen atoms in total. The molecule has 0 unspecified atom stereocenters. The van der Waals surface area contributed by atoms with Gasteiger partial charge in [-0.3, -0.25) is 9.59 Å². The molecule has 1 fully saturated rings. The third kappa shape index (κ3) is 1.95. The summed E-state index contributed by atoms with van der Waals surface area (Å²) in [6.45, 7) is 0. The highest BCUT2D eigenvalue weighted by Gasteiger charge is 2.41. The molecule has 5 heteroatoms. The second kappa shape index (κ2) is 4.26. The molecule has 3 rings (SSSR count). The van der Waals surface area contributed by atoms with Crippen LogP contribution < -0.4 is 10.6 Å². The van der Waals surface area contributed by atoms with Gasteiger partial charge in [-0.25, -0.2) is 0 Å². The Hall–Kier alpha value is -2.04. The van der Waals surface area contributed by atoms with E-state index in [1.165, 1.54) is 0 Å². The Morgan fingerprint density at radius 2 is 2.05 bits per heavy atom. The Kier molecular flexibility index (Phi) is 2.69. The summed E-state index contributed by atoms with van der Waals surface area (Å²) in [7, 11) is 0. The van der Waals surface area contributed by atoms with E-state index < -0.39 is 5.97 Å². The minimum absolute atomic E-state index is 0.0243. The third-order valence-corrected chi connectivity index (χ3v) is 4.07. The molecule has 1 aromatic rings. The normalized spacial score (nSPS) is 25.7. The van der Waals surface area contributed by atoms with E-state index in [0.717, 1.165) is 11.3 Å². The Morgan fingerprint density at radius 3 is 2.74 bits per heavy atom. The molecule has 1 aliphatic carbocycles. The number of hydrogen-bond acceptors (Lipinski definition) is 3. The number of nitrogens with two attached hydrogens (primary N) is 1. The molecule has 2 aliphatic rings. The van der Waals surface area contributed by atoms with Crippen molar-refractivity contribution in [2.45, 2.75) is 31.7 Å². The van der Waals surface area contributed by atoms with Gasteiger partial charge in [-0.2, -0.15) is 0 Å². The van der Waals surface area contributed by atoms with Crippen LogP contribution in [0.1, 0.15) is 24.8 Å². The van der Waals surface area contributed by atoms with Crippen LogP contribution in [0.2, 0.25) is 0 Å². The maximum Gasteiger partial charge on any atom is 0.306 e. The summed E-state index contributed by atoms with van der Waals surface area (Å²) in [4.78, 5) is 24.7. The van der Waals surface area contributed by atoms with E-state index in [0.29, 0.717) is 31.4 Å². The predicted octanol–water partition coefficient (Wildman–Crippen LogP) is 1.41. The lowest BCUT2D eigenvalue weighted by Crippen LogP contribution is -2.51. The fourth-order valence-electron chi connectivity index (χ4n) is 2.94. The average molecular weight is 260 g/mol. The van der Waals surface area contributed by atoms with Gasteiger partial charge < -0.3 is 15.7 Å². The van der Waals surface area contributed by atoms with Crippen LogP contribution >= 0.6 is 0 Å². The second-order valence-electron chi connectivity index (χ2n) is 5.31. The highest BCUT2D eigenvalue weighted by atomic mass is 16.4. The minimum Gasteiger partial charge on any atom is -0.481 e. The first kappa shape index (κ1) is 12.0. The van der Waals surface area contributed by atoms with Gasteiger partial charge in [0.2, 0.25) is 5.91 Å². The van der Waals surface area contributed by atoms with E-state index in [1.807, 2.05) is 12.1 Å². The fraction of sp³-hybridized carbons (Fsp3) is 0.429. The Balaban J connectivity index is 1.86. The quantitative estimate of drug-likeness (QED) is 0.787. The summed E-state index contributed by atoms with van der Waals surface area (Å²) < 4.78 is 0. The molecular formula is C14H16N2O3. The zero-order chi connectivity index (χ0) is 13.6. The van der Waals surface area contributed by atoms with Crippen molar-refractivity contribution < 1.29 is 14.7 Å². The van der Waals surface area contributed by atoms with Crippen LogP contribution in [0.4, 0.5) is 11.4 Å². The van der Waals surface area contributed by atoms with Crippen LogP contribution in [0.25, 0.3) is 0 Å². The largest absolute Gasteiger partial charge is 0.481 e. The van der Waals surface area contributed by atoms with Crippen molar-refractivity contribution in [3.63, 3.8) is 0 Å². The lowest BCUT2D eigenvalue weighted by molar-refractivity contribution is -0.145. The van der Waals surface area contributed by atoms with Gasteiger partial charge in [-0.05, 0) is 43.0 Å². The lowest BCUT2D eigenvalue weighted by Gasteiger charge is -2.43. The number of nitrogens with zero attached hydrogens (tertiary/aromatic N) is 1. The first-order valence-electron chi connectivity index (χ1n) is 6.49. The molecule has 0 bridgehead atoms. The number of amides is 1. The zero-order valence-electron chi connectivity index (χ0n) is 10.5. The number of carbonyl (C=O) groups is 2. The number of aryl methyl sites for hydroxylation is 1. The number of hydrogen-bond donors (Lipinski definition) is 2. The molecule has 19 heavy (non-hydrogen) atoms. The topological polar surface area (TPSA) is 83.6 Å². The lowest BCUT2D eigenvalue weighted by atomic mass is 9.78. The van der Waals surface area contributed by atoms with Gasteiger partial charge in [0.1, 0.15) is 0 Å². The monoisotopic (exact) mass is 260 g/mol. The third-order valence-electron chi connectivity index (χ3n) is 4.07. The molecule has 0 atom stereocenters. The van der Waals surface area contributed by atoms with Crippen molar-refractivity contribution in [1.82, 2.24) is 0 Å². The van der Waals surface area contributed by atoms with E-state index in [2.05, 4.69) is 0 Å². The summed E-state index contributed by atoms with van der Waals surface area (Å²) in [6.07, 6.45) is 2.28. The molecule has 0 spiro atoms. The maximum absolute atomic E-state index is 12.1. The molecule has 1 aromatic carbocycles. The summed E-state index contributed by atoms with van der Waals surface area (Å²) in [5, 5.41) is 8.93. The highest BCUT2D eigenvalue weighted by Crippen LogP contribution is 2.39. The molecule has 0 saturated heterocycles. The Labute approximate surface area is 111 Å². The SMILES string of the molecule is Nc1ccc2c(c1)CCC(=O)N2C1CC(C(=O)O)C1. The van der Waals surface area contributed by atoms with Crippen molar-refractivity contribution in [1.29, 1.82) is 0 Å². The van der Waals surface area contributed by atoms with Crippen molar-refractivity contribution in [2.24, 2.45) is 5.92 Å². The molecule has 0 radical (unpaired) electrons. The van der Waals surface area contributed by atoms with Gasteiger partial charge >= 0.3 is 5.97 Å². The maximum atomic E-state index is 12.1.